The molecule has 0 saturated carbocycles. The zero-order valence-electron chi connectivity index (χ0n) is 8.12. The fraction of sp³-hybridized carbons (Fsp3) is 0. The Kier molecular flexibility index (Phi) is 4.09. The number of hydrogen-bond acceptors (Lipinski definition) is 3. The minimum Gasteiger partial charge on any atom is -0.436 e. The van der Waals surface area contributed by atoms with Crippen molar-refractivity contribution in [1.29, 1.82) is 0 Å². The zero-order valence-corrected chi connectivity index (χ0v) is 12.0. The van der Waals surface area contributed by atoms with Gasteiger partial charge in [-0.05, 0) is 45.7 Å². The fourth-order valence-corrected chi connectivity index (χ4v) is 2.08. The normalized spacial score (nSPS) is 10.4. The predicted octanol–water partition coefficient (Wildman–Crippen LogP) is 4.99. The van der Waals surface area contributed by atoms with Crippen LogP contribution in [0.3, 0.4) is 0 Å². The van der Waals surface area contributed by atoms with Crippen LogP contribution in [0.5, 0.6) is 11.6 Å². The first-order valence-corrected chi connectivity index (χ1v) is 6.30. The van der Waals surface area contributed by atoms with Crippen molar-refractivity contribution in [3.63, 3.8) is 0 Å². The lowest BCUT2D eigenvalue weighted by molar-refractivity contribution is 0.459. The standard InChI is InChI=1S/C10H4BrCl3N2O/c11-6-3-5(12)1-2-8(6)17-9-7(13)4-15-10(14)16-9/h1-4H. The molecule has 0 bridgehead atoms. The van der Waals surface area contributed by atoms with Gasteiger partial charge in [0.25, 0.3) is 0 Å². The first-order chi connectivity index (χ1) is 8.06. The highest BCUT2D eigenvalue weighted by molar-refractivity contribution is 9.10. The Morgan fingerprint density at radius 1 is 1.18 bits per heavy atom. The summed E-state index contributed by atoms with van der Waals surface area (Å²) in [6, 6.07) is 5.09. The quantitative estimate of drug-likeness (QED) is 0.713. The first kappa shape index (κ1) is 12.9. The highest BCUT2D eigenvalue weighted by Crippen LogP contribution is 2.33. The average Bonchev–Trinajstić information content (AvgIpc) is 2.27. The molecule has 17 heavy (non-hydrogen) atoms. The summed E-state index contributed by atoms with van der Waals surface area (Å²) < 4.78 is 6.19. The summed E-state index contributed by atoms with van der Waals surface area (Å²) in [6.07, 6.45) is 1.37. The number of halogens is 4. The van der Waals surface area contributed by atoms with E-state index in [1.165, 1.54) is 6.20 Å². The van der Waals surface area contributed by atoms with Crippen LogP contribution >= 0.6 is 50.7 Å². The van der Waals surface area contributed by atoms with Crippen LogP contribution in [-0.2, 0) is 0 Å². The van der Waals surface area contributed by atoms with Gasteiger partial charge in [-0.25, -0.2) is 4.98 Å². The third kappa shape index (κ3) is 3.22. The SMILES string of the molecule is Clc1ccc(Oc2nc(Cl)ncc2Cl)c(Br)c1. The molecule has 0 spiro atoms. The van der Waals surface area contributed by atoms with Gasteiger partial charge < -0.3 is 4.74 Å². The molecule has 1 heterocycles. The highest BCUT2D eigenvalue weighted by Gasteiger charge is 2.09. The molecule has 3 nitrogen and oxygen atoms in total. The maximum atomic E-state index is 5.88. The van der Waals surface area contributed by atoms with Gasteiger partial charge in [-0.3, -0.25) is 0 Å². The van der Waals surface area contributed by atoms with E-state index in [1.54, 1.807) is 18.2 Å². The number of ether oxygens (including phenoxy) is 1. The summed E-state index contributed by atoms with van der Waals surface area (Å²) in [5.74, 6) is 0.723. The van der Waals surface area contributed by atoms with Crippen molar-refractivity contribution in [3.8, 4) is 11.6 Å². The molecule has 0 fully saturated rings. The largest absolute Gasteiger partial charge is 0.436 e. The first-order valence-electron chi connectivity index (χ1n) is 4.37. The molecule has 0 N–H and O–H groups in total. The van der Waals surface area contributed by atoms with Gasteiger partial charge in [0.05, 0.1) is 10.7 Å². The van der Waals surface area contributed by atoms with Crippen LogP contribution in [0.1, 0.15) is 0 Å². The third-order valence-electron chi connectivity index (χ3n) is 1.78. The third-order valence-corrected chi connectivity index (χ3v) is 3.08. The Morgan fingerprint density at radius 3 is 2.65 bits per heavy atom. The number of aromatic nitrogens is 2. The average molecular weight is 354 g/mol. The van der Waals surface area contributed by atoms with Crippen LogP contribution in [0, 0.1) is 0 Å². The van der Waals surface area contributed by atoms with E-state index in [2.05, 4.69) is 25.9 Å². The maximum Gasteiger partial charge on any atom is 0.242 e. The number of rotatable bonds is 2. The Labute approximate surface area is 121 Å². The van der Waals surface area contributed by atoms with E-state index < -0.39 is 0 Å². The Morgan fingerprint density at radius 2 is 1.94 bits per heavy atom. The van der Waals surface area contributed by atoms with E-state index in [-0.39, 0.29) is 16.2 Å². The van der Waals surface area contributed by atoms with Crippen molar-refractivity contribution < 1.29 is 4.74 Å². The van der Waals surface area contributed by atoms with Gasteiger partial charge in [-0.1, -0.05) is 23.2 Å². The summed E-state index contributed by atoms with van der Waals surface area (Å²) in [6.45, 7) is 0. The molecule has 0 radical (unpaired) electrons. The molecule has 0 aliphatic heterocycles. The van der Waals surface area contributed by atoms with Gasteiger partial charge in [0, 0.05) is 5.02 Å². The Balaban J connectivity index is 2.34. The minimum atomic E-state index is 0.0643. The van der Waals surface area contributed by atoms with Gasteiger partial charge in [0.1, 0.15) is 10.8 Å². The van der Waals surface area contributed by atoms with Gasteiger partial charge in [0.2, 0.25) is 11.2 Å². The zero-order chi connectivity index (χ0) is 12.4. The molecular formula is C10H4BrCl3N2O. The monoisotopic (exact) mass is 352 g/mol. The molecule has 1 aromatic heterocycles. The number of nitrogens with zero attached hydrogens (tertiary/aromatic N) is 2. The molecule has 88 valence electrons. The van der Waals surface area contributed by atoms with Crippen LogP contribution in [0.2, 0.25) is 15.3 Å². The molecule has 2 rings (SSSR count). The van der Waals surface area contributed by atoms with Crippen molar-refractivity contribution in [2.45, 2.75) is 0 Å². The van der Waals surface area contributed by atoms with Gasteiger partial charge in [0.15, 0.2) is 0 Å². The van der Waals surface area contributed by atoms with Gasteiger partial charge in [-0.15, -0.1) is 0 Å². The van der Waals surface area contributed by atoms with E-state index in [0.717, 1.165) is 0 Å². The fourth-order valence-electron chi connectivity index (χ4n) is 1.06. The molecule has 2 aromatic rings. The minimum absolute atomic E-state index is 0.0643. The van der Waals surface area contributed by atoms with Crippen molar-refractivity contribution in [2.24, 2.45) is 0 Å². The Bertz CT molecular complexity index is 565. The van der Waals surface area contributed by atoms with E-state index in [1.807, 2.05) is 0 Å². The number of benzene rings is 1. The highest BCUT2D eigenvalue weighted by atomic mass is 79.9. The molecule has 1 aromatic carbocycles. The summed E-state index contributed by atoms with van der Waals surface area (Å²) in [4.78, 5) is 7.60. The van der Waals surface area contributed by atoms with E-state index in [9.17, 15) is 0 Å². The summed E-state index contributed by atoms with van der Waals surface area (Å²) >= 11 is 20.7. The van der Waals surface area contributed by atoms with Crippen LogP contribution in [0.4, 0.5) is 0 Å². The molecule has 0 saturated heterocycles. The number of hydrogen-bond donors (Lipinski definition) is 0. The smallest absolute Gasteiger partial charge is 0.242 e. The van der Waals surface area contributed by atoms with E-state index in [4.69, 9.17) is 39.5 Å². The predicted molar refractivity (Wildman–Crippen MR) is 71.3 cm³/mol. The summed E-state index contributed by atoms with van der Waals surface area (Å²) in [7, 11) is 0. The van der Waals surface area contributed by atoms with E-state index >= 15 is 0 Å². The molecular weight excluding hydrogens is 350 g/mol. The lowest BCUT2D eigenvalue weighted by Gasteiger charge is -2.08. The second-order valence-electron chi connectivity index (χ2n) is 2.97. The Hall–Kier alpha value is -0.550. The van der Waals surface area contributed by atoms with Gasteiger partial charge in [-0.2, -0.15) is 4.98 Å². The van der Waals surface area contributed by atoms with E-state index in [0.29, 0.717) is 15.2 Å². The topological polar surface area (TPSA) is 35.0 Å². The van der Waals surface area contributed by atoms with Crippen LogP contribution in [0.15, 0.2) is 28.9 Å². The second-order valence-corrected chi connectivity index (χ2v) is 5.00. The second kappa shape index (κ2) is 5.40. The molecule has 0 aliphatic carbocycles. The van der Waals surface area contributed by atoms with Crippen molar-refractivity contribution in [1.82, 2.24) is 9.97 Å². The van der Waals surface area contributed by atoms with Crippen molar-refractivity contribution in [3.05, 3.63) is 44.2 Å². The molecule has 0 amide bonds. The van der Waals surface area contributed by atoms with Crippen LogP contribution < -0.4 is 4.74 Å². The summed E-state index contributed by atoms with van der Waals surface area (Å²) in [5.41, 5.74) is 0. The van der Waals surface area contributed by atoms with Gasteiger partial charge >= 0.3 is 0 Å². The van der Waals surface area contributed by atoms with Crippen molar-refractivity contribution in [2.75, 3.05) is 0 Å². The van der Waals surface area contributed by atoms with Crippen LogP contribution in [0.25, 0.3) is 0 Å². The van der Waals surface area contributed by atoms with Crippen LogP contribution in [-0.4, -0.2) is 9.97 Å². The summed E-state index contributed by atoms with van der Waals surface area (Å²) in [5, 5.41) is 0.932. The molecule has 0 atom stereocenters. The van der Waals surface area contributed by atoms with Crippen molar-refractivity contribution >= 4 is 50.7 Å². The lowest BCUT2D eigenvalue weighted by Crippen LogP contribution is -1.92. The maximum absolute atomic E-state index is 5.88. The lowest BCUT2D eigenvalue weighted by atomic mass is 10.3. The molecule has 7 heteroatoms. The molecule has 0 unspecified atom stereocenters. The molecule has 0 aliphatic rings.